The number of ether oxygens (including phenoxy) is 1. The van der Waals surface area contributed by atoms with Gasteiger partial charge in [-0.15, -0.1) is 6.42 Å². The molecular formula is C15H12O2. The molecule has 0 aliphatic rings. The van der Waals surface area contributed by atoms with Crippen molar-refractivity contribution in [3.8, 4) is 23.8 Å². The van der Waals surface area contributed by atoms with Crippen molar-refractivity contribution >= 4 is 0 Å². The highest BCUT2D eigenvalue weighted by molar-refractivity contribution is 5.32. The lowest BCUT2D eigenvalue weighted by Gasteiger charge is -2.14. The van der Waals surface area contributed by atoms with Crippen molar-refractivity contribution in [3.05, 3.63) is 60.2 Å². The van der Waals surface area contributed by atoms with Gasteiger partial charge >= 0.3 is 0 Å². The van der Waals surface area contributed by atoms with E-state index in [1.54, 1.807) is 24.3 Å². The third-order valence-corrected chi connectivity index (χ3v) is 2.34. The quantitative estimate of drug-likeness (QED) is 0.811. The van der Waals surface area contributed by atoms with Crippen molar-refractivity contribution < 1.29 is 9.84 Å². The fraction of sp³-hybridized carbons (Fsp3) is 0.0667. The van der Waals surface area contributed by atoms with Crippen molar-refractivity contribution in [2.24, 2.45) is 0 Å². The summed E-state index contributed by atoms with van der Waals surface area (Å²) in [4.78, 5) is 0. The Morgan fingerprint density at radius 2 is 1.65 bits per heavy atom. The number of aromatic hydroxyl groups is 1. The predicted octanol–water partition coefficient (Wildman–Crippen LogP) is 3.15. The van der Waals surface area contributed by atoms with Gasteiger partial charge in [-0.25, -0.2) is 0 Å². The molecule has 0 radical (unpaired) electrons. The Hall–Kier alpha value is -2.40. The van der Waals surface area contributed by atoms with Crippen molar-refractivity contribution in [1.29, 1.82) is 0 Å². The third-order valence-electron chi connectivity index (χ3n) is 2.34. The Labute approximate surface area is 100 Å². The maximum absolute atomic E-state index is 9.17. The van der Waals surface area contributed by atoms with E-state index in [0.717, 1.165) is 5.56 Å². The van der Waals surface area contributed by atoms with E-state index in [2.05, 4.69) is 5.92 Å². The number of benzene rings is 2. The number of phenols is 1. The van der Waals surface area contributed by atoms with Gasteiger partial charge in [0.05, 0.1) is 0 Å². The molecule has 0 aromatic heterocycles. The lowest BCUT2D eigenvalue weighted by molar-refractivity contribution is 0.264. The summed E-state index contributed by atoms with van der Waals surface area (Å²) in [5, 5.41) is 9.17. The molecule has 0 heterocycles. The molecule has 0 bridgehead atoms. The molecule has 2 rings (SSSR count). The van der Waals surface area contributed by atoms with Gasteiger partial charge in [0.2, 0.25) is 0 Å². The first kappa shape index (κ1) is 11.1. The topological polar surface area (TPSA) is 29.5 Å². The van der Waals surface area contributed by atoms with E-state index in [1.165, 1.54) is 0 Å². The molecule has 0 fully saturated rings. The SMILES string of the molecule is C#C[C@@H](Oc1ccc(O)cc1)c1ccccc1. The average molecular weight is 224 g/mol. The minimum absolute atomic E-state index is 0.203. The molecule has 17 heavy (non-hydrogen) atoms. The van der Waals surface area contributed by atoms with E-state index >= 15 is 0 Å². The normalized spacial score (nSPS) is 11.5. The molecule has 1 N–H and O–H groups in total. The smallest absolute Gasteiger partial charge is 0.184 e. The number of terminal acetylenes is 1. The van der Waals surface area contributed by atoms with Gasteiger partial charge < -0.3 is 9.84 Å². The van der Waals surface area contributed by atoms with Crippen LogP contribution in [-0.4, -0.2) is 5.11 Å². The first-order valence-electron chi connectivity index (χ1n) is 5.26. The van der Waals surface area contributed by atoms with E-state index in [9.17, 15) is 0 Å². The van der Waals surface area contributed by atoms with Crippen molar-refractivity contribution in [2.75, 3.05) is 0 Å². The van der Waals surface area contributed by atoms with Crippen LogP contribution in [0.15, 0.2) is 54.6 Å². The molecule has 0 aliphatic heterocycles. The molecule has 0 saturated heterocycles. The Balaban J connectivity index is 2.17. The van der Waals surface area contributed by atoms with Crippen LogP contribution in [-0.2, 0) is 0 Å². The monoisotopic (exact) mass is 224 g/mol. The van der Waals surface area contributed by atoms with Crippen molar-refractivity contribution in [2.45, 2.75) is 6.10 Å². The number of hydrogen-bond acceptors (Lipinski definition) is 2. The summed E-state index contributed by atoms with van der Waals surface area (Å²) in [5.74, 6) is 3.43. The number of hydrogen-bond donors (Lipinski definition) is 1. The lowest BCUT2D eigenvalue weighted by atomic mass is 10.1. The van der Waals surface area contributed by atoms with Crippen LogP contribution < -0.4 is 4.74 Å². The van der Waals surface area contributed by atoms with Gasteiger partial charge in [-0.05, 0) is 24.3 Å². The van der Waals surface area contributed by atoms with Crippen LogP contribution in [0.3, 0.4) is 0 Å². The molecule has 0 amide bonds. The molecule has 1 atom stereocenters. The standard InChI is InChI=1S/C15H12O2/c1-2-15(12-6-4-3-5-7-12)17-14-10-8-13(16)9-11-14/h1,3-11,15-16H/t15-/m1/s1. The van der Waals surface area contributed by atoms with Crippen molar-refractivity contribution in [3.63, 3.8) is 0 Å². The van der Waals surface area contributed by atoms with Crippen LogP contribution in [0.4, 0.5) is 0 Å². The van der Waals surface area contributed by atoms with Gasteiger partial charge in [-0.1, -0.05) is 36.3 Å². The Morgan fingerprint density at radius 1 is 1.00 bits per heavy atom. The predicted molar refractivity (Wildman–Crippen MR) is 66.8 cm³/mol. The van der Waals surface area contributed by atoms with Crippen LogP contribution in [0.25, 0.3) is 0 Å². The molecule has 0 saturated carbocycles. The molecule has 0 aliphatic carbocycles. The summed E-state index contributed by atoms with van der Waals surface area (Å²) >= 11 is 0. The van der Waals surface area contributed by atoms with Gasteiger partial charge in [0, 0.05) is 5.56 Å². The highest BCUT2D eigenvalue weighted by Crippen LogP contribution is 2.23. The summed E-state index contributed by atoms with van der Waals surface area (Å²) in [7, 11) is 0. The van der Waals surface area contributed by atoms with Crippen LogP contribution in [0.2, 0.25) is 0 Å². The van der Waals surface area contributed by atoms with E-state index in [-0.39, 0.29) is 5.75 Å². The molecule has 2 aromatic carbocycles. The van der Waals surface area contributed by atoms with Crippen LogP contribution in [0.5, 0.6) is 11.5 Å². The first-order valence-corrected chi connectivity index (χ1v) is 5.26. The fourth-order valence-electron chi connectivity index (χ4n) is 1.49. The van der Waals surface area contributed by atoms with Gasteiger partial charge in [-0.3, -0.25) is 0 Å². The number of phenolic OH excluding ortho intramolecular Hbond substituents is 1. The first-order chi connectivity index (χ1) is 8.29. The molecule has 2 nitrogen and oxygen atoms in total. The average Bonchev–Trinajstić information content (AvgIpc) is 2.39. The highest BCUT2D eigenvalue weighted by atomic mass is 16.5. The van der Waals surface area contributed by atoms with Gasteiger partial charge in [0.25, 0.3) is 0 Å². The fourth-order valence-corrected chi connectivity index (χ4v) is 1.49. The maximum Gasteiger partial charge on any atom is 0.184 e. The second-order valence-corrected chi connectivity index (χ2v) is 3.57. The summed E-state index contributed by atoms with van der Waals surface area (Å²) in [6, 6.07) is 16.1. The minimum Gasteiger partial charge on any atom is -0.508 e. The molecular weight excluding hydrogens is 212 g/mol. The van der Waals surface area contributed by atoms with E-state index in [4.69, 9.17) is 16.3 Å². The summed E-state index contributed by atoms with van der Waals surface area (Å²) in [6.45, 7) is 0. The Bertz CT molecular complexity index is 509. The van der Waals surface area contributed by atoms with Gasteiger partial charge in [0.15, 0.2) is 6.10 Å². The molecule has 0 spiro atoms. The molecule has 84 valence electrons. The minimum atomic E-state index is -0.416. The zero-order valence-corrected chi connectivity index (χ0v) is 9.21. The van der Waals surface area contributed by atoms with Crippen LogP contribution >= 0.6 is 0 Å². The van der Waals surface area contributed by atoms with E-state index < -0.39 is 6.10 Å². The van der Waals surface area contributed by atoms with E-state index in [1.807, 2.05) is 30.3 Å². The largest absolute Gasteiger partial charge is 0.508 e. The van der Waals surface area contributed by atoms with Crippen molar-refractivity contribution in [1.82, 2.24) is 0 Å². The van der Waals surface area contributed by atoms with Crippen LogP contribution in [0.1, 0.15) is 11.7 Å². The summed E-state index contributed by atoms with van der Waals surface area (Å²) < 4.78 is 5.66. The van der Waals surface area contributed by atoms with E-state index in [0.29, 0.717) is 5.75 Å². The van der Waals surface area contributed by atoms with Crippen LogP contribution in [0, 0.1) is 12.3 Å². The lowest BCUT2D eigenvalue weighted by Crippen LogP contribution is -2.04. The summed E-state index contributed by atoms with van der Waals surface area (Å²) in [5.41, 5.74) is 0.933. The zero-order valence-electron chi connectivity index (χ0n) is 9.21. The molecule has 2 heteroatoms. The Morgan fingerprint density at radius 3 is 2.24 bits per heavy atom. The second-order valence-electron chi connectivity index (χ2n) is 3.57. The third kappa shape index (κ3) is 2.79. The molecule has 0 unspecified atom stereocenters. The van der Waals surface area contributed by atoms with Gasteiger partial charge in [-0.2, -0.15) is 0 Å². The maximum atomic E-state index is 9.17. The summed E-state index contributed by atoms with van der Waals surface area (Å²) in [6.07, 6.45) is 5.04. The van der Waals surface area contributed by atoms with Gasteiger partial charge in [0.1, 0.15) is 11.5 Å². The second kappa shape index (κ2) is 5.09. The number of rotatable bonds is 3. The highest BCUT2D eigenvalue weighted by Gasteiger charge is 2.09. The zero-order chi connectivity index (χ0) is 12.1. The molecule has 2 aromatic rings. The Kier molecular flexibility index (Phi) is 3.32.